The molecule has 1 unspecified atom stereocenters. The molecule has 0 fully saturated rings. The lowest BCUT2D eigenvalue weighted by Crippen LogP contribution is -2.18. The van der Waals surface area contributed by atoms with Gasteiger partial charge in [0, 0.05) is 12.6 Å². The quantitative estimate of drug-likeness (QED) is 0.709. The number of hydrogen-bond donors (Lipinski definition) is 3. The zero-order valence-electron chi connectivity index (χ0n) is 10.9. The van der Waals surface area contributed by atoms with Crippen molar-refractivity contribution < 1.29 is 10.2 Å². The fourth-order valence-electron chi connectivity index (χ4n) is 1.90. The Morgan fingerprint density at radius 2 is 1.75 bits per heavy atom. The molecule has 1 atom stereocenters. The second-order valence-corrected chi connectivity index (χ2v) is 6.31. The van der Waals surface area contributed by atoms with Gasteiger partial charge in [-0.2, -0.15) is 0 Å². The first-order chi connectivity index (χ1) is 9.47. The highest BCUT2D eigenvalue weighted by molar-refractivity contribution is 9.11. The van der Waals surface area contributed by atoms with E-state index in [1.165, 1.54) is 0 Å². The first-order valence-corrected chi connectivity index (χ1v) is 7.75. The third-order valence-electron chi connectivity index (χ3n) is 3.06. The van der Waals surface area contributed by atoms with Crippen LogP contribution in [0.2, 0.25) is 0 Å². The molecule has 0 aliphatic heterocycles. The number of halogens is 2. The van der Waals surface area contributed by atoms with Crippen LogP contribution in [0.3, 0.4) is 0 Å². The summed E-state index contributed by atoms with van der Waals surface area (Å²) in [5.74, 6) is 0.473. The summed E-state index contributed by atoms with van der Waals surface area (Å²) >= 11 is 6.64. The zero-order valence-corrected chi connectivity index (χ0v) is 14.1. The fraction of sp³-hybridized carbons (Fsp3) is 0.200. The van der Waals surface area contributed by atoms with E-state index in [9.17, 15) is 10.2 Å². The fourth-order valence-corrected chi connectivity index (χ4v) is 3.18. The van der Waals surface area contributed by atoms with E-state index in [0.29, 0.717) is 15.5 Å². The van der Waals surface area contributed by atoms with Gasteiger partial charge in [0.15, 0.2) is 0 Å². The van der Waals surface area contributed by atoms with Crippen molar-refractivity contribution in [2.75, 3.05) is 0 Å². The summed E-state index contributed by atoms with van der Waals surface area (Å²) in [6.45, 7) is 2.70. The van der Waals surface area contributed by atoms with Crippen molar-refractivity contribution in [3.63, 3.8) is 0 Å². The Bertz CT molecular complexity index is 594. The van der Waals surface area contributed by atoms with E-state index in [-0.39, 0.29) is 17.5 Å². The van der Waals surface area contributed by atoms with E-state index in [0.717, 1.165) is 11.1 Å². The summed E-state index contributed by atoms with van der Waals surface area (Å²) in [4.78, 5) is 0. The van der Waals surface area contributed by atoms with Gasteiger partial charge in [0.05, 0.1) is 8.95 Å². The highest BCUT2D eigenvalue weighted by atomic mass is 79.9. The molecule has 0 aliphatic carbocycles. The van der Waals surface area contributed by atoms with Crippen molar-refractivity contribution in [1.82, 2.24) is 5.32 Å². The van der Waals surface area contributed by atoms with E-state index in [1.54, 1.807) is 12.1 Å². The van der Waals surface area contributed by atoms with Gasteiger partial charge in [0.25, 0.3) is 0 Å². The highest BCUT2D eigenvalue weighted by Crippen LogP contribution is 2.33. The lowest BCUT2D eigenvalue weighted by molar-refractivity contribution is 0.467. The molecule has 0 amide bonds. The van der Waals surface area contributed by atoms with Crippen LogP contribution in [-0.4, -0.2) is 10.2 Å². The molecule has 20 heavy (non-hydrogen) atoms. The minimum absolute atomic E-state index is 0.119. The number of phenols is 2. The Labute approximate surface area is 134 Å². The number of phenolic OH excluding ortho intramolecular Hbond substituents is 2. The minimum atomic E-state index is 0.119. The molecule has 0 heterocycles. The largest absolute Gasteiger partial charge is 0.508 e. The van der Waals surface area contributed by atoms with E-state index in [2.05, 4.69) is 37.2 Å². The summed E-state index contributed by atoms with van der Waals surface area (Å²) in [5.41, 5.74) is 2.08. The average molecular weight is 401 g/mol. The van der Waals surface area contributed by atoms with Crippen molar-refractivity contribution in [2.45, 2.75) is 19.5 Å². The predicted octanol–water partition coefficient (Wildman–Crippen LogP) is 4.47. The first-order valence-electron chi connectivity index (χ1n) is 6.16. The minimum Gasteiger partial charge on any atom is -0.508 e. The molecule has 2 rings (SSSR count). The third-order valence-corrected chi connectivity index (χ3v) is 4.27. The van der Waals surface area contributed by atoms with Crippen LogP contribution in [0.15, 0.2) is 45.3 Å². The molecule has 3 N–H and O–H groups in total. The lowest BCUT2D eigenvalue weighted by atomic mass is 10.1. The summed E-state index contributed by atoms with van der Waals surface area (Å²) in [7, 11) is 0. The standard InChI is InChI=1S/C15H15Br2NO2/c1-9(11-3-2-4-12(19)7-11)18-8-10-5-13(16)15(20)14(17)6-10/h2-7,9,18-20H,8H2,1H3. The Morgan fingerprint density at radius 3 is 2.35 bits per heavy atom. The van der Waals surface area contributed by atoms with Crippen molar-refractivity contribution in [1.29, 1.82) is 0 Å². The molecule has 2 aromatic carbocycles. The van der Waals surface area contributed by atoms with Crippen molar-refractivity contribution in [3.8, 4) is 11.5 Å². The van der Waals surface area contributed by atoms with Gasteiger partial charge in [-0.3, -0.25) is 0 Å². The Hall–Kier alpha value is -1.04. The van der Waals surface area contributed by atoms with Crippen LogP contribution in [0.1, 0.15) is 24.1 Å². The molecule has 0 radical (unpaired) electrons. The maximum atomic E-state index is 9.67. The number of rotatable bonds is 4. The number of nitrogens with one attached hydrogen (secondary N) is 1. The summed E-state index contributed by atoms with van der Waals surface area (Å²) in [6.07, 6.45) is 0. The number of hydrogen-bond acceptors (Lipinski definition) is 3. The first kappa shape index (κ1) is 15.4. The number of aromatic hydroxyl groups is 2. The average Bonchev–Trinajstić information content (AvgIpc) is 2.42. The topological polar surface area (TPSA) is 52.5 Å². The smallest absolute Gasteiger partial charge is 0.143 e. The maximum absolute atomic E-state index is 9.67. The Morgan fingerprint density at radius 1 is 1.10 bits per heavy atom. The van der Waals surface area contributed by atoms with Crippen LogP contribution in [0.25, 0.3) is 0 Å². The summed E-state index contributed by atoms with van der Waals surface area (Å²) < 4.78 is 1.32. The summed E-state index contributed by atoms with van der Waals surface area (Å²) in [5, 5.41) is 22.5. The van der Waals surface area contributed by atoms with Crippen molar-refractivity contribution >= 4 is 31.9 Å². The molecule has 3 nitrogen and oxygen atoms in total. The van der Waals surface area contributed by atoms with Crippen LogP contribution in [0.4, 0.5) is 0 Å². The molecule has 0 spiro atoms. The second-order valence-electron chi connectivity index (χ2n) is 4.61. The van der Waals surface area contributed by atoms with Crippen LogP contribution in [0.5, 0.6) is 11.5 Å². The van der Waals surface area contributed by atoms with Gasteiger partial charge in [-0.25, -0.2) is 0 Å². The van der Waals surface area contributed by atoms with Crippen molar-refractivity contribution in [3.05, 3.63) is 56.5 Å². The van der Waals surface area contributed by atoms with Gasteiger partial charge < -0.3 is 15.5 Å². The van der Waals surface area contributed by atoms with E-state index in [1.807, 2.05) is 31.2 Å². The molecule has 0 aliphatic rings. The molecular formula is C15H15Br2NO2. The lowest BCUT2D eigenvalue weighted by Gasteiger charge is -2.15. The molecule has 0 saturated heterocycles. The van der Waals surface area contributed by atoms with Crippen molar-refractivity contribution in [2.24, 2.45) is 0 Å². The zero-order chi connectivity index (χ0) is 14.7. The monoisotopic (exact) mass is 399 g/mol. The third kappa shape index (κ3) is 3.75. The molecular weight excluding hydrogens is 386 g/mol. The van der Waals surface area contributed by atoms with E-state index >= 15 is 0 Å². The van der Waals surface area contributed by atoms with E-state index < -0.39 is 0 Å². The van der Waals surface area contributed by atoms with Gasteiger partial charge in [-0.05, 0) is 74.2 Å². The van der Waals surface area contributed by atoms with Gasteiger partial charge in [0.1, 0.15) is 11.5 Å². The van der Waals surface area contributed by atoms with Crippen LogP contribution in [0, 0.1) is 0 Å². The normalized spacial score (nSPS) is 12.3. The van der Waals surface area contributed by atoms with Gasteiger partial charge in [-0.1, -0.05) is 12.1 Å². The summed E-state index contributed by atoms with van der Waals surface area (Å²) in [6, 6.07) is 11.1. The molecule has 0 saturated carbocycles. The van der Waals surface area contributed by atoms with Crippen LogP contribution in [-0.2, 0) is 6.54 Å². The van der Waals surface area contributed by atoms with Gasteiger partial charge in [-0.15, -0.1) is 0 Å². The van der Waals surface area contributed by atoms with E-state index in [4.69, 9.17) is 0 Å². The predicted molar refractivity (Wildman–Crippen MR) is 86.9 cm³/mol. The Kier molecular flexibility index (Phi) is 5.07. The second kappa shape index (κ2) is 6.61. The van der Waals surface area contributed by atoms with Crippen LogP contribution >= 0.6 is 31.9 Å². The maximum Gasteiger partial charge on any atom is 0.143 e. The molecule has 0 bridgehead atoms. The Balaban J connectivity index is 2.05. The molecule has 106 valence electrons. The van der Waals surface area contributed by atoms with Gasteiger partial charge >= 0.3 is 0 Å². The highest BCUT2D eigenvalue weighted by Gasteiger charge is 2.08. The van der Waals surface area contributed by atoms with Crippen LogP contribution < -0.4 is 5.32 Å². The molecule has 2 aromatic rings. The SMILES string of the molecule is CC(NCc1cc(Br)c(O)c(Br)c1)c1cccc(O)c1. The molecule has 0 aromatic heterocycles. The number of benzene rings is 2. The molecule has 5 heteroatoms. The van der Waals surface area contributed by atoms with Gasteiger partial charge in [0.2, 0.25) is 0 Å².